The third-order valence-corrected chi connectivity index (χ3v) is 7.85. The average molecular weight is 547 g/mol. The first-order valence-corrected chi connectivity index (χ1v) is 13.4. The van der Waals surface area contributed by atoms with Gasteiger partial charge in [-0.25, -0.2) is 4.39 Å². The summed E-state index contributed by atoms with van der Waals surface area (Å²) in [5.74, 6) is -1.18. The molecule has 11 heteroatoms. The number of hydrogen-bond acceptors (Lipinski definition) is 6. The molecular formula is C27H32ClFN4O5. The highest BCUT2D eigenvalue weighted by molar-refractivity contribution is 6.30. The van der Waals surface area contributed by atoms with Gasteiger partial charge < -0.3 is 23.8 Å². The number of halogens is 2. The number of methoxy groups -OCH3 is 1. The van der Waals surface area contributed by atoms with Crippen LogP contribution in [0.3, 0.4) is 0 Å². The lowest BCUT2D eigenvalue weighted by Gasteiger charge is -2.35. The first kappa shape index (κ1) is 26.6. The number of ether oxygens (including phenoxy) is 2. The van der Waals surface area contributed by atoms with Gasteiger partial charge >= 0.3 is 0 Å². The van der Waals surface area contributed by atoms with Crippen LogP contribution in [-0.2, 0) is 24.2 Å². The van der Waals surface area contributed by atoms with Crippen LogP contribution in [0.25, 0.3) is 0 Å². The molecule has 0 spiro atoms. The average Bonchev–Trinajstić information content (AvgIpc) is 2.91. The van der Waals surface area contributed by atoms with E-state index in [2.05, 4.69) is 4.90 Å². The Hall–Kier alpha value is -2.95. The molecule has 38 heavy (non-hydrogen) atoms. The molecule has 204 valence electrons. The van der Waals surface area contributed by atoms with Crippen molar-refractivity contribution in [2.75, 3.05) is 59.6 Å². The van der Waals surface area contributed by atoms with Crippen molar-refractivity contribution in [3.05, 3.63) is 61.8 Å². The van der Waals surface area contributed by atoms with E-state index in [1.165, 1.54) is 23.8 Å². The minimum Gasteiger partial charge on any atom is -0.490 e. The van der Waals surface area contributed by atoms with E-state index >= 15 is 0 Å². The third kappa shape index (κ3) is 5.17. The highest BCUT2D eigenvalue weighted by atomic mass is 35.5. The van der Waals surface area contributed by atoms with Crippen molar-refractivity contribution >= 4 is 23.4 Å². The maximum absolute atomic E-state index is 13.9. The number of carbonyl (C=O) groups excluding carboxylic acids is 2. The van der Waals surface area contributed by atoms with E-state index in [1.54, 1.807) is 11.0 Å². The van der Waals surface area contributed by atoms with Crippen LogP contribution < -0.4 is 10.3 Å². The molecule has 0 unspecified atom stereocenters. The molecule has 0 bridgehead atoms. The van der Waals surface area contributed by atoms with Crippen LogP contribution in [0.1, 0.15) is 44.8 Å². The Morgan fingerprint density at radius 3 is 2.47 bits per heavy atom. The monoisotopic (exact) mass is 546 g/mol. The van der Waals surface area contributed by atoms with Gasteiger partial charge in [0, 0.05) is 57.9 Å². The molecule has 4 heterocycles. The number of morpholine rings is 1. The molecule has 2 aromatic rings. The van der Waals surface area contributed by atoms with Crippen LogP contribution in [0.4, 0.5) is 4.39 Å². The van der Waals surface area contributed by atoms with E-state index in [0.717, 1.165) is 32.5 Å². The summed E-state index contributed by atoms with van der Waals surface area (Å²) >= 11 is 5.94. The molecular weight excluding hydrogens is 515 g/mol. The van der Waals surface area contributed by atoms with E-state index in [-0.39, 0.29) is 28.8 Å². The number of amides is 2. The molecule has 1 aromatic heterocycles. The normalized spacial score (nSPS) is 18.6. The van der Waals surface area contributed by atoms with E-state index in [0.29, 0.717) is 62.6 Å². The summed E-state index contributed by atoms with van der Waals surface area (Å²) in [6.07, 6.45) is 1.92. The fourth-order valence-electron chi connectivity index (χ4n) is 5.51. The van der Waals surface area contributed by atoms with Gasteiger partial charge in [-0.05, 0) is 37.0 Å². The van der Waals surface area contributed by atoms with Gasteiger partial charge in [-0.1, -0.05) is 17.7 Å². The maximum atomic E-state index is 13.9. The summed E-state index contributed by atoms with van der Waals surface area (Å²) in [6.45, 7) is 5.82. The zero-order valence-corrected chi connectivity index (χ0v) is 22.3. The molecule has 1 saturated heterocycles. The summed E-state index contributed by atoms with van der Waals surface area (Å²) in [7, 11) is 1.37. The molecule has 3 aliphatic heterocycles. The largest absolute Gasteiger partial charge is 0.490 e. The second-order valence-electron chi connectivity index (χ2n) is 9.87. The van der Waals surface area contributed by atoms with Crippen LogP contribution in [0.2, 0.25) is 5.02 Å². The van der Waals surface area contributed by atoms with Crippen molar-refractivity contribution in [1.29, 1.82) is 0 Å². The lowest BCUT2D eigenvalue weighted by molar-refractivity contribution is 0.0320. The van der Waals surface area contributed by atoms with Crippen LogP contribution in [0, 0.1) is 5.82 Å². The second-order valence-corrected chi connectivity index (χ2v) is 10.3. The zero-order chi connectivity index (χ0) is 26.8. The smallest absolute Gasteiger partial charge is 0.294 e. The Balaban J connectivity index is 1.48. The highest BCUT2D eigenvalue weighted by Gasteiger charge is 2.37. The lowest BCUT2D eigenvalue weighted by atomic mass is 9.94. The third-order valence-electron chi connectivity index (χ3n) is 7.56. The highest BCUT2D eigenvalue weighted by Crippen LogP contribution is 2.31. The van der Waals surface area contributed by atoms with Crippen molar-refractivity contribution in [3.63, 3.8) is 0 Å². The molecule has 0 atom stereocenters. The maximum Gasteiger partial charge on any atom is 0.294 e. The number of hydrogen-bond donors (Lipinski definition) is 0. The summed E-state index contributed by atoms with van der Waals surface area (Å²) in [5, 5.41) is -0.0210. The van der Waals surface area contributed by atoms with Gasteiger partial charge in [-0.2, -0.15) is 0 Å². The van der Waals surface area contributed by atoms with E-state index in [1.807, 2.05) is 4.90 Å². The topological polar surface area (TPSA) is 84.3 Å². The molecule has 0 aliphatic carbocycles. The van der Waals surface area contributed by atoms with Crippen molar-refractivity contribution in [2.24, 2.45) is 0 Å². The van der Waals surface area contributed by atoms with Gasteiger partial charge in [-0.3, -0.25) is 19.3 Å². The van der Waals surface area contributed by atoms with Crippen molar-refractivity contribution < 1.29 is 23.5 Å². The summed E-state index contributed by atoms with van der Waals surface area (Å²) in [6, 6.07) is 4.33. The van der Waals surface area contributed by atoms with Crippen molar-refractivity contribution in [2.45, 2.75) is 32.4 Å². The number of rotatable bonds is 6. The molecule has 3 aliphatic rings. The van der Waals surface area contributed by atoms with Gasteiger partial charge in [0.25, 0.3) is 17.4 Å². The molecule has 0 radical (unpaired) electrons. The van der Waals surface area contributed by atoms with Crippen molar-refractivity contribution in [3.8, 4) is 5.75 Å². The molecule has 2 amide bonds. The predicted molar refractivity (Wildman–Crippen MR) is 140 cm³/mol. The Labute approximate surface area is 225 Å². The quantitative estimate of drug-likeness (QED) is 0.553. The minimum absolute atomic E-state index is 0.0210. The Morgan fingerprint density at radius 2 is 1.74 bits per heavy atom. The summed E-state index contributed by atoms with van der Waals surface area (Å²) in [4.78, 5) is 46.9. The van der Waals surface area contributed by atoms with Crippen LogP contribution in [-0.4, -0.2) is 90.7 Å². The molecule has 1 aromatic carbocycles. The second kappa shape index (κ2) is 11.4. The van der Waals surface area contributed by atoms with Crippen LogP contribution >= 0.6 is 11.6 Å². The minimum atomic E-state index is -0.532. The Morgan fingerprint density at radius 1 is 0.974 bits per heavy atom. The van der Waals surface area contributed by atoms with Gasteiger partial charge in [0.2, 0.25) is 0 Å². The molecule has 5 rings (SSSR count). The number of benzene rings is 1. The lowest BCUT2D eigenvalue weighted by Crippen LogP contribution is -2.47. The van der Waals surface area contributed by atoms with E-state index in [4.69, 9.17) is 21.1 Å². The zero-order valence-electron chi connectivity index (χ0n) is 21.5. The fourth-order valence-corrected chi connectivity index (χ4v) is 5.71. The summed E-state index contributed by atoms with van der Waals surface area (Å²) < 4.78 is 26.0. The molecule has 9 nitrogen and oxygen atoms in total. The standard InChI is InChI=1S/C27H32ClFN4O5/c1-37-24-22-19(6-9-32(25(22)34)17-18-4-5-21(29)20(28)16-18)23-26(35)31(7-2-3-8-33(23)27(24)36)11-10-30-12-14-38-15-13-30/h4-5,16H,2-3,6-15,17H2,1H3. The molecule has 0 saturated carbocycles. The molecule has 1 fully saturated rings. The number of carbonyl (C=O) groups is 2. The van der Waals surface area contributed by atoms with Gasteiger partial charge in [0.1, 0.15) is 11.5 Å². The number of pyridine rings is 1. The van der Waals surface area contributed by atoms with Gasteiger partial charge in [-0.15, -0.1) is 0 Å². The first-order chi connectivity index (χ1) is 18.4. The van der Waals surface area contributed by atoms with E-state index in [9.17, 15) is 18.8 Å². The molecule has 0 N–H and O–H groups in total. The summed E-state index contributed by atoms with van der Waals surface area (Å²) in [5.41, 5.74) is 1.20. The Bertz CT molecular complexity index is 1290. The SMILES string of the molecule is COc1c2c(c3n(c1=O)CCCCN(CCN1CCOCC1)C3=O)CCN(Cc1ccc(F)c(Cl)c1)C2=O. The van der Waals surface area contributed by atoms with Gasteiger partial charge in [0.05, 0.1) is 30.9 Å². The number of nitrogens with zero attached hydrogens (tertiary/aromatic N) is 4. The fraction of sp³-hybridized carbons (Fsp3) is 0.519. The van der Waals surface area contributed by atoms with E-state index < -0.39 is 17.3 Å². The van der Waals surface area contributed by atoms with Crippen LogP contribution in [0.15, 0.2) is 23.0 Å². The van der Waals surface area contributed by atoms with Crippen LogP contribution in [0.5, 0.6) is 5.75 Å². The number of fused-ring (bicyclic) bond motifs is 3. The Kier molecular flexibility index (Phi) is 8.01. The predicted octanol–water partition coefficient (Wildman–Crippen LogP) is 2.42. The van der Waals surface area contributed by atoms with Crippen molar-refractivity contribution in [1.82, 2.24) is 19.3 Å². The first-order valence-electron chi connectivity index (χ1n) is 13.0. The number of aromatic nitrogens is 1. The van der Waals surface area contributed by atoms with Gasteiger partial charge in [0.15, 0.2) is 5.75 Å².